The number of ether oxygens (including phenoxy) is 1. The Balaban J connectivity index is 1.28. The molecule has 6 nitrogen and oxygen atoms in total. The first-order valence-electron chi connectivity index (χ1n) is 11.4. The van der Waals surface area contributed by atoms with E-state index >= 15 is 0 Å². The van der Waals surface area contributed by atoms with Gasteiger partial charge in [-0.15, -0.1) is 0 Å². The van der Waals surface area contributed by atoms with Gasteiger partial charge in [0.2, 0.25) is 0 Å². The summed E-state index contributed by atoms with van der Waals surface area (Å²) in [4.78, 5) is 27.6. The summed E-state index contributed by atoms with van der Waals surface area (Å²) in [7, 11) is 0. The molecule has 2 aliphatic heterocycles. The molecule has 1 aromatic heterocycles. The molecule has 1 amide bonds. The number of nitrogens with one attached hydrogen (secondary N) is 1. The molecule has 1 atom stereocenters. The highest BCUT2D eigenvalue weighted by Gasteiger charge is 2.25. The Labute approximate surface area is 184 Å². The number of carbonyl (C=O) groups excluding carboxylic acids is 2. The van der Waals surface area contributed by atoms with Crippen LogP contribution in [0.2, 0.25) is 0 Å². The summed E-state index contributed by atoms with van der Waals surface area (Å²) in [5.74, 6) is 0.160. The summed E-state index contributed by atoms with van der Waals surface area (Å²) >= 11 is 0. The molecule has 0 aliphatic carbocycles. The maximum Gasteiger partial charge on any atom is 0.251 e. The van der Waals surface area contributed by atoms with Crippen LogP contribution in [-0.4, -0.2) is 59.5 Å². The summed E-state index contributed by atoms with van der Waals surface area (Å²) < 4.78 is 8.01. The van der Waals surface area contributed by atoms with Gasteiger partial charge in [-0.25, -0.2) is 0 Å². The zero-order chi connectivity index (χ0) is 21.8. The second-order valence-corrected chi connectivity index (χ2v) is 8.84. The molecule has 0 spiro atoms. The topological polar surface area (TPSA) is 63.6 Å². The van der Waals surface area contributed by atoms with E-state index in [-0.39, 0.29) is 23.8 Å². The van der Waals surface area contributed by atoms with E-state index in [1.54, 1.807) is 0 Å². The van der Waals surface area contributed by atoms with Gasteiger partial charge in [0.1, 0.15) is 0 Å². The van der Waals surface area contributed by atoms with E-state index in [4.69, 9.17) is 4.74 Å². The van der Waals surface area contributed by atoms with Crippen molar-refractivity contribution in [1.29, 1.82) is 0 Å². The number of carbonyl (C=O) groups is 2. The molecule has 6 heteroatoms. The number of aromatic nitrogens is 1. The van der Waals surface area contributed by atoms with Crippen molar-refractivity contribution in [1.82, 2.24) is 14.8 Å². The van der Waals surface area contributed by atoms with Crippen molar-refractivity contribution >= 4 is 11.7 Å². The lowest BCUT2D eigenvalue weighted by Gasteiger charge is -2.31. The van der Waals surface area contributed by atoms with Gasteiger partial charge in [0, 0.05) is 54.8 Å². The molecular weight excluding hydrogens is 390 g/mol. The number of likely N-dealkylation sites (tertiary alicyclic amines) is 1. The molecule has 0 unspecified atom stereocenters. The number of amides is 1. The molecule has 2 saturated heterocycles. The van der Waals surface area contributed by atoms with Gasteiger partial charge in [0.25, 0.3) is 5.91 Å². The van der Waals surface area contributed by atoms with Gasteiger partial charge >= 0.3 is 0 Å². The molecule has 3 heterocycles. The van der Waals surface area contributed by atoms with Gasteiger partial charge in [-0.3, -0.25) is 14.5 Å². The molecule has 0 saturated carbocycles. The smallest absolute Gasteiger partial charge is 0.251 e. The Morgan fingerprint density at radius 1 is 1.10 bits per heavy atom. The van der Waals surface area contributed by atoms with Crippen LogP contribution in [0.3, 0.4) is 0 Å². The van der Waals surface area contributed by atoms with E-state index in [9.17, 15) is 9.59 Å². The number of Topliss-reactive ketones (excluding diaryl/α,β-unsaturated/α-hetero) is 1. The van der Waals surface area contributed by atoms with E-state index < -0.39 is 0 Å². The normalized spacial score (nSPS) is 20.1. The predicted octanol–water partition coefficient (Wildman–Crippen LogP) is 3.36. The summed E-state index contributed by atoms with van der Waals surface area (Å²) in [6, 6.07) is 11.5. The van der Waals surface area contributed by atoms with Crippen molar-refractivity contribution in [3.05, 3.63) is 58.9 Å². The molecule has 31 heavy (non-hydrogen) atoms. The number of piperidine rings is 1. The molecule has 1 aromatic carbocycles. The van der Waals surface area contributed by atoms with Gasteiger partial charge < -0.3 is 14.6 Å². The SMILES string of the molecule is Cc1cc(C(=O)CN2CCC(NC(=O)c3ccccc3)CC2)c(C)n1C[C@H]1CCCO1. The van der Waals surface area contributed by atoms with E-state index in [1.165, 1.54) is 0 Å². The minimum absolute atomic E-state index is 0.0196. The van der Waals surface area contributed by atoms with Crippen molar-refractivity contribution in [2.75, 3.05) is 26.2 Å². The zero-order valence-electron chi connectivity index (χ0n) is 18.6. The fourth-order valence-electron chi connectivity index (χ4n) is 4.74. The number of aryl methyl sites for hydroxylation is 1. The number of rotatable bonds is 7. The molecule has 0 bridgehead atoms. The first-order chi connectivity index (χ1) is 15.0. The van der Waals surface area contributed by atoms with Crippen molar-refractivity contribution in [2.24, 2.45) is 0 Å². The lowest BCUT2D eigenvalue weighted by Crippen LogP contribution is -2.46. The molecule has 2 aliphatic rings. The van der Waals surface area contributed by atoms with Crippen LogP contribution in [-0.2, 0) is 11.3 Å². The third-order valence-corrected chi connectivity index (χ3v) is 6.61. The highest BCUT2D eigenvalue weighted by molar-refractivity contribution is 5.99. The maximum absolute atomic E-state index is 13.0. The van der Waals surface area contributed by atoms with Gasteiger partial charge in [-0.2, -0.15) is 0 Å². The molecule has 166 valence electrons. The van der Waals surface area contributed by atoms with Crippen LogP contribution in [0.4, 0.5) is 0 Å². The Kier molecular flexibility index (Phi) is 6.88. The number of nitrogens with zero attached hydrogens (tertiary/aromatic N) is 2. The maximum atomic E-state index is 13.0. The largest absolute Gasteiger partial charge is 0.376 e. The van der Waals surface area contributed by atoms with E-state index in [2.05, 4.69) is 21.7 Å². The van der Waals surface area contributed by atoms with Gasteiger partial charge in [0.15, 0.2) is 5.78 Å². The quantitative estimate of drug-likeness (QED) is 0.694. The zero-order valence-corrected chi connectivity index (χ0v) is 18.6. The lowest BCUT2D eigenvalue weighted by atomic mass is 10.0. The van der Waals surface area contributed by atoms with E-state index in [1.807, 2.05) is 43.3 Å². The lowest BCUT2D eigenvalue weighted by molar-refractivity contribution is 0.0857. The number of ketones is 1. The Morgan fingerprint density at radius 3 is 2.52 bits per heavy atom. The van der Waals surface area contributed by atoms with Crippen LogP contribution in [0.1, 0.15) is 57.8 Å². The summed E-state index contributed by atoms with van der Waals surface area (Å²) in [6.07, 6.45) is 4.21. The van der Waals surface area contributed by atoms with Gasteiger partial charge in [0.05, 0.1) is 12.6 Å². The van der Waals surface area contributed by atoms with Crippen LogP contribution in [0, 0.1) is 13.8 Å². The summed E-state index contributed by atoms with van der Waals surface area (Å²) in [6.45, 7) is 7.86. The van der Waals surface area contributed by atoms with Crippen LogP contribution >= 0.6 is 0 Å². The summed E-state index contributed by atoms with van der Waals surface area (Å²) in [5, 5.41) is 3.13. The number of hydrogen-bond donors (Lipinski definition) is 1. The fraction of sp³-hybridized carbons (Fsp3) is 0.520. The minimum Gasteiger partial charge on any atom is -0.376 e. The second kappa shape index (κ2) is 9.79. The summed E-state index contributed by atoms with van der Waals surface area (Å²) in [5.41, 5.74) is 3.69. The van der Waals surface area contributed by atoms with E-state index in [0.717, 1.165) is 68.9 Å². The van der Waals surface area contributed by atoms with Crippen LogP contribution in [0.5, 0.6) is 0 Å². The number of benzene rings is 1. The monoisotopic (exact) mass is 423 g/mol. The fourth-order valence-corrected chi connectivity index (χ4v) is 4.74. The van der Waals surface area contributed by atoms with Gasteiger partial charge in [-0.1, -0.05) is 18.2 Å². The van der Waals surface area contributed by atoms with Crippen LogP contribution in [0.15, 0.2) is 36.4 Å². The second-order valence-electron chi connectivity index (χ2n) is 8.84. The Morgan fingerprint density at radius 2 is 1.84 bits per heavy atom. The molecule has 2 fully saturated rings. The van der Waals surface area contributed by atoms with E-state index in [0.29, 0.717) is 12.1 Å². The third-order valence-electron chi connectivity index (χ3n) is 6.61. The predicted molar refractivity (Wildman–Crippen MR) is 121 cm³/mol. The highest BCUT2D eigenvalue weighted by atomic mass is 16.5. The average molecular weight is 424 g/mol. The Bertz CT molecular complexity index is 908. The third kappa shape index (κ3) is 5.25. The molecule has 2 aromatic rings. The van der Waals surface area contributed by atoms with Crippen LogP contribution in [0.25, 0.3) is 0 Å². The van der Waals surface area contributed by atoms with Crippen LogP contribution < -0.4 is 5.32 Å². The standard InChI is InChI=1S/C25H33N3O3/c1-18-15-23(19(2)28(18)16-22-9-6-14-31-22)24(29)17-27-12-10-21(11-13-27)26-25(30)20-7-4-3-5-8-20/h3-5,7-8,15,21-22H,6,9-14,16-17H2,1-2H3,(H,26,30)/t22-/m1/s1. The molecule has 0 radical (unpaired) electrons. The number of hydrogen-bond acceptors (Lipinski definition) is 4. The minimum atomic E-state index is -0.0196. The first kappa shape index (κ1) is 21.8. The van der Waals surface area contributed by atoms with Gasteiger partial charge in [-0.05, 0) is 57.7 Å². The van der Waals surface area contributed by atoms with Crippen molar-refractivity contribution in [2.45, 2.75) is 58.2 Å². The van der Waals surface area contributed by atoms with Crippen molar-refractivity contribution in [3.63, 3.8) is 0 Å². The average Bonchev–Trinajstić information content (AvgIpc) is 3.39. The molecular formula is C25H33N3O3. The molecule has 1 N–H and O–H groups in total. The van der Waals surface area contributed by atoms with Crippen molar-refractivity contribution in [3.8, 4) is 0 Å². The highest BCUT2D eigenvalue weighted by Crippen LogP contribution is 2.21. The Hall–Kier alpha value is -2.44. The van der Waals surface area contributed by atoms with Crippen molar-refractivity contribution < 1.29 is 14.3 Å². The molecule has 4 rings (SSSR count). The first-order valence-corrected chi connectivity index (χ1v) is 11.4.